The molecule has 1 unspecified atom stereocenters. The molecule has 0 bridgehead atoms. The number of rotatable bonds is 4. The van der Waals surface area contributed by atoms with E-state index in [2.05, 4.69) is 22.2 Å². The monoisotopic (exact) mass is 355 g/mol. The molecule has 1 aromatic carbocycles. The molecule has 2 aromatic heterocycles. The molecule has 4 rings (SSSR count). The second-order valence-corrected chi connectivity index (χ2v) is 7.09. The molecule has 1 aliphatic heterocycles. The van der Waals surface area contributed by atoms with Gasteiger partial charge in [-0.2, -0.15) is 0 Å². The van der Waals surface area contributed by atoms with Crippen molar-refractivity contribution in [2.75, 3.05) is 11.1 Å². The third-order valence-corrected chi connectivity index (χ3v) is 5.33. The summed E-state index contributed by atoms with van der Waals surface area (Å²) in [6, 6.07) is 7.60. The summed E-state index contributed by atoms with van der Waals surface area (Å²) in [6.07, 6.45) is 2.83. The highest BCUT2D eigenvalue weighted by atomic mass is 32.2. The van der Waals surface area contributed by atoms with Crippen molar-refractivity contribution >= 4 is 34.5 Å². The summed E-state index contributed by atoms with van der Waals surface area (Å²) in [6.45, 7) is 2.06. The van der Waals surface area contributed by atoms with E-state index in [1.165, 1.54) is 11.8 Å². The average Bonchev–Trinajstić information content (AvgIpc) is 3.06. The smallest absolute Gasteiger partial charge is 0.257 e. The molecule has 3 aromatic rings. The van der Waals surface area contributed by atoms with Gasteiger partial charge in [-0.1, -0.05) is 24.8 Å². The van der Waals surface area contributed by atoms with E-state index in [0.29, 0.717) is 16.5 Å². The van der Waals surface area contributed by atoms with Crippen LogP contribution in [-0.2, 0) is 4.79 Å². The van der Waals surface area contributed by atoms with Crippen molar-refractivity contribution < 1.29 is 9.21 Å². The van der Waals surface area contributed by atoms with Crippen LogP contribution in [0.5, 0.6) is 0 Å². The highest BCUT2D eigenvalue weighted by molar-refractivity contribution is 7.99. The molecule has 1 atom stereocenters. The predicted octanol–water partition coefficient (Wildman–Crippen LogP) is 3.49. The Hall–Kier alpha value is -2.54. The van der Waals surface area contributed by atoms with Gasteiger partial charge in [-0.3, -0.25) is 9.59 Å². The van der Waals surface area contributed by atoms with Crippen LogP contribution in [0.25, 0.3) is 11.0 Å². The maximum absolute atomic E-state index is 12.7. The number of carbonyl (C=O) groups excluding carboxylic acids is 1. The van der Waals surface area contributed by atoms with Crippen molar-refractivity contribution in [2.24, 2.45) is 0 Å². The molecule has 7 heteroatoms. The lowest BCUT2D eigenvalue weighted by molar-refractivity contribution is -0.116. The van der Waals surface area contributed by atoms with Gasteiger partial charge in [-0.05, 0) is 30.2 Å². The molecule has 25 heavy (non-hydrogen) atoms. The van der Waals surface area contributed by atoms with Gasteiger partial charge < -0.3 is 14.7 Å². The van der Waals surface area contributed by atoms with Gasteiger partial charge in [0.1, 0.15) is 11.4 Å². The van der Waals surface area contributed by atoms with Crippen LogP contribution in [0.1, 0.15) is 36.8 Å². The number of hydrogen-bond acceptors (Lipinski definition) is 5. The minimum absolute atomic E-state index is 0.130. The molecule has 0 spiro atoms. The number of H-pyrrole nitrogens is 1. The van der Waals surface area contributed by atoms with Crippen molar-refractivity contribution in [1.29, 1.82) is 0 Å². The number of nitrogens with zero attached hydrogens (tertiary/aromatic N) is 1. The topological polar surface area (TPSA) is 88.0 Å². The Morgan fingerprint density at radius 1 is 1.32 bits per heavy atom. The van der Waals surface area contributed by atoms with Crippen LogP contribution >= 0.6 is 11.8 Å². The van der Waals surface area contributed by atoms with Crippen molar-refractivity contribution in [3.05, 3.63) is 52.0 Å². The standard InChI is InChI=1S/C18H17N3O3S/c1-2-7-25-18-20-16-15(17(23)21-18)12(9-14(22)19-16)10-3-4-13-11(8-10)5-6-24-13/h3-6,8,12H,2,7,9H2,1H3,(H2,19,20,21,22,23). The number of aromatic nitrogens is 2. The minimum atomic E-state index is -0.315. The van der Waals surface area contributed by atoms with Crippen LogP contribution in [0.3, 0.4) is 0 Å². The van der Waals surface area contributed by atoms with Crippen LogP contribution in [0.15, 0.2) is 44.9 Å². The second kappa shape index (κ2) is 6.40. The largest absolute Gasteiger partial charge is 0.464 e. The zero-order valence-corrected chi connectivity index (χ0v) is 14.5. The van der Waals surface area contributed by atoms with Crippen LogP contribution in [0, 0.1) is 0 Å². The lowest BCUT2D eigenvalue weighted by Gasteiger charge is -2.24. The molecule has 0 fully saturated rings. The number of thioether (sulfide) groups is 1. The molecule has 128 valence electrons. The summed E-state index contributed by atoms with van der Waals surface area (Å²) in [5, 5.41) is 4.23. The number of carbonyl (C=O) groups is 1. The van der Waals surface area contributed by atoms with E-state index in [0.717, 1.165) is 28.7 Å². The quantitative estimate of drug-likeness (QED) is 0.552. The third-order valence-electron chi connectivity index (χ3n) is 4.25. The van der Waals surface area contributed by atoms with E-state index in [1.54, 1.807) is 6.26 Å². The van der Waals surface area contributed by atoms with Gasteiger partial charge in [-0.25, -0.2) is 4.98 Å². The zero-order valence-electron chi connectivity index (χ0n) is 13.7. The van der Waals surface area contributed by atoms with Gasteiger partial charge >= 0.3 is 0 Å². The summed E-state index contributed by atoms with van der Waals surface area (Å²) in [4.78, 5) is 32.1. The summed E-state index contributed by atoms with van der Waals surface area (Å²) >= 11 is 1.48. The molecule has 3 heterocycles. The fourth-order valence-corrected chi connectivity index (χ4v) is 3.82. The third kappa shape index (κ3) is 2.95. The molecule has 0 aliphatic carbocycles. The average molecular weight is 355 g/mol. The Morgan fingerprint density at radius 2 is 2.20 bits per heavy atom. The van der Waals surface area contributed by atoms with E-state index < -0.39 is 0 Å². The Bertz CT molecular complexity index is 1010. The Morgan fingerprint density at radius 3 is 3.04 bits per heavy atom. The van der Waals surface area contributed by atoms with Gasteiger partial charge in [-0.15, -0.1) is 0 Å². The molecule has 1 aliphatic rings. The second-order valence-electron chi connectivity index (χ2n) is 6.00. The van der Waals surface area contributed by atoms with Crippen LogP contribution in [0.2, 0.25) is 0 Å². The lowest BCUT2D eigenvalue weighted by atomic mass is 9.86. The normalized spacial score (nSPS) is 16.7. The van der Waals surface area contributed by atoms with Gasteiger partial charge in [0.25, 0.3) is 5.56 Å². The molecule has 6 nitrogen and oxygen atoms in total. The van der Waals surface area contributed by atoms with Gasteiger partial charge in [0.2, 0.25) is 5.91 Å². The van der Waals surface area contributed by atoms with Crippen molar-refractivity contribution in [1.82, 2.24) is 9.97 Å². The summed E-state index contributed by atoms with van der Waals surface area (Å²) in [5.41, 5.74) is 2.01. The summed E-state index contributed by atoms with van der Waals surface area (Å²) in [5.74, 6) is 0.783. The highest BCUT2D eigenvalue weighted by Crippen LogP contribution is 2.35. The first kappa shape index (κ1) is 16.0. The van der Waals surface area contributed by atoms with E-state index in [1.807, 2.05) is 24.3 Å². The number of anilines is 1. The van der Waals surface area contributed by atoms with E-state index in [4.69, 9.17) is 4.42 Å². The number of furan rings is 1. The molecule has 1 amide bonds. The molecule has 2 N–H and O–H groups in total. The van der Waals surface area contributed by atoms with E-state index in [-0.39, 0.29) is 23.8 Å². The first-order valence-electron chi connectivity index (χ1n) is 8.19. The van der Waals surface area contributed by atoms with Gasteiger partial charge in [0, 0.05) is 23.5 Å². The number of amides is 1. The molecule has 0 saturated heterocycles. The number of hydrogen-bond donors (Lipinski definition) is 2. The molecular weight excluding hydrogens is 338 g/mol. The minimum Gasteiger partial charge on any atom is -0.464 e. The van der Waals surface area contributed by atoms with E-state index >= 15 is 0 Å². The number of aromatic amines is 1. The highest BCUT2D eigenvalue weighted by Gasteiger charge is 2.31. The Labute approximate surface area is 148 Å². The van der Waals surface area contributed by atoms with Crippen LogP contribution in [-0.4, -0.2) is 21.6 Å². The molecular formula is C18H17N3O3S. The zero-order chi connectivity index (χ0) is 17.4. The fraction of sp³-hybridized carbons (Fsp3) is 0.278. The van der Waals surface area contributed by atoms with Crippen LogP contribution < -0.4 is 10.9 Å². The van der Waals surface area contributed by atoms with Crippen LogP contribution in [0.4, 0.5) is 5.82 Å². The number of nitrogens with one attached hydrogen (secondary N) is 2. The van der Waals surface area contributed by atoms with Crippen molar-refractivity contribution in [3.63, 3.8) is 0 Å². The van der Waals surface area contributed by atoms with Gasteiger partial charge in [0.05, 0.1) is 11.8 Å². The molecule has 0 radical (unpaired) electrons. The Balaban J connectivity index is 1.80. The first-order valence-corrected chi connectivity index (χ1v) is 9.18. The summed E-state index contributed by atoms with van der Waals surface area (Å²) < 4.78 is 5.37. The molecule has 0 saturated carbocycles. The van der Waals surface area contributed by atoms with E-state index in [9.17, 15) is 9.59 Å². The summed E-state index contributed by atoms with van der Waals surface area (Å²) in [7, 11) is 0. The van der Waals surface area contributed by atoms with Crippen molar-refractivity contribution in [2.45, 2.75) is 30.8 Å². The maximum Gasteiger partial charge on any atom is 0.257 e. The fourth-order valence-electron chi connectivity index (χ4n) is 3.10. The predicted molar refractivity (Wildman–Crippen MR) is 97.2 cm³/mol. The first-order chi connectivity index (χ1) is 12.2. The number of fused-ring (bicyclic) bond motifs is 2. The lowest BCUT2D eigenvalue weighted by Crippen LogP contribution is -2.31. The Kier molecular flexibility index (Phi) is 4.09. The number of benzene rings is 1. The van der Waals surface area contributed by atoms with Crippen molar-refractivity contribution in [3.8, 4) is 0 Å². The van der Waals surface area contributed by atoms with Gasteiger partial charge in [0.15, 0.2) is 5.16 Å². The SMILES string of the molecule is CCCSc1nc2c(c(=O)[nH]1)C(c1ccc3occc3c1)CC(=O)N2. The maximum atomic E-state index is 12.7.